The summed E-state index contributed by atoms with van der Waals surface area (Å²) in [6.45, 7) is 2.10. The van der Waals surface area contributed by atoms with Crippen molar-refractivity contribution in [1.29, 1.82) is 0 Å². The molecule has 0 aliphatic carbocycles. The first-order valence-electron chi connectivity index (χ1n) is 5.07. The molecule has 0 amide bonds. The average molecular weight is 202 g/mol. The van der Waals surface area contributed by atoms with Crippen LogP contribution in [0.15, 0.2) is 0 Å². The van der Waals surface area contributed by atoms with Gasteiger partial charge in [0.25, 0.3) is 0 Å². The Hall–Kier alpha value is -0.180. The van der Waals surface area contributed by atoms with Gasteiger partial charge >= 0.3 is 5.97 Å². The minimum Gasteiger partial charge on any atom is -0.481 e. The van der Waals surface area contributed by atoms with Gasteiger partial charge in [-0.1, -0.05) is 19.8 Å². The zero-order chi connectivity index (χ0) is 9.68. The second kappa shape index (κ2) is 5.53. The molecule has 2 atom stereocenters. The molecule has 0 aromatic carbocycles. The topological polar surface area (TPSA) is 37.3 Å². The number of carbonyl (C=O) groups is 1. The van der Waals surface area contributed by atoms with Crippen LogP contribution in [-0.4, -0.2) is 22.1 Å². The number of carboxylic acids is 1. The van der Waals surface area contributed by atoms with E-state index in [1.165, 1.54) is 25.0 Å². The number of hydrogen-bond acceptors (Lipinski definition) is 2. The molecule has 0 saturated carbocycles. The fraction of sp³-hybridized carbons (Fsp3) is 0.900. The van der Waals surface area contributed by atoms with Gasteiger partial charge < -0.3 is 5.11 Å². The summed E-state index contributed by atoms with van der Waals surface area (Å²) in [6, 6.07) is 0. The van der Waals surface area contributed by atoms with Crippen LogP contribution >= 0.6 is 11.8 Å². The molecule has 1 saturated heterocycles. The zero-order valence-electron chi connectivity index (χ0n) is 8.16. The summed E-state index contributed by atoms with van der Waals surface area (Å²) in [5.41, 5.74) is 0. The molecule has 13 heavy (non-hydrogen) atoms. The Bertz CT molecular complexity index is 164. The van der Waals surface area contributed by atoms with Crippen molar-refractivity contribution in [2.45, 2.75) is 44.3 Å². The minimum atomic E-state index is -0.641. The standard InChI is InChI=1S/C10H18O2S/c1-2-8(7-10(11)12)9-5-3-4-6-13-9/h8-9H,2-7H2,1H3,(H,11,12). The molecule has 2 unspecified atom stereocenters. The molecule has 2 nitrogen and oxygen atoms in total. The summed E-state index contributed by atoms with van der Waals surface area (Å²) in [6.07, 6.45) is 5.17. The molecule has 1 aliphatic rings. The van der Waals surface area contributed by atoms with Gasteiger partial charge in [-0.2, -0.15) is 11.8 Å². The van der Waals surface area contributed by atoms with Gasteiger partial charge in [0.15, 0.2) is 0 Å². The minimum absolute atomic E-state index is 0.355. The van der Waals surface area contributed by atoms with Crippen molar-refractivity contribution < 1.29 is 9.90 Å². The molecule has 0 bridgehead atoms. The van der Waals surface area contributed by atoms with Crippen molar-refractivity contribution >= 4 is 17.7 Å². The second-order valence-corrected chi connectivity index (χ2v) is 5.02. The number of thioether (sulfide) groups is 1. The molecule has 3 heteroatoms. The fourth-order valence-corrected chi connectivity index (χ4v) is 3.47. The molecular formula is C10H18O2S. The number of carboxylic acid groups (broad SMARTS) is 1. The maximum Gasteiger partial charge on any atom is 0.303 e. The summed E-state index contributed by atoms with van der Waals surface area (Å²) in [4.78, 5) is 10.6. The highest BCUT2D eigenvalue weighted by Crippen LogP contribution is 2.33. The van der Waals surface area contributed by atoms with E-state index in [2.05, 4.69) is 6.92 Å². The molecule has 76 valence electrons. The third-order valence-corrected chi connectivity index (χ3v) is 4.28. The summed E-state index contributed by atoms with van der Waals surface area (Å²) in [5.74, 6) is 0.974. The van der Waals surface area contributed by atoms with Gasteiger partial charge in [-0.05, 0) is 24.5 Å². The lowest BCUT2D eigenvalue weighted by Crippen LogP contribution is -2.22. The van der Waals surface area contributed by atoms with Crippen LogP contribution in [0.1, 0.15) is 39.0 Å². The average Bonchev–Trinajstić information content (AvgIpc) is 2.15. The zero-order valence-corrected chi connectivity index (χ0v) is 8.98. The first-order chi connectivity index (χ1) is 6.24. The number of rotatable bonds is 4. The van der Waals surface area contributed by atoms with Crippen molar-refractivity contribution in [3.63, 3.8) is 0 Å². The summed E-state index contributed by atoms with van der Waals surface area (Å²) in [5, 5.41) is 9.34. The third kappa shape index (κ3) is 3.59. The van der Waals surface area contributed by atoms with Crippen LogP contribution in [0, 0.1) is 5.92 Å². The molecule has 0 aromatic rings. The van der Waals surface area contributed by atoms with Crippen molar-refractivity contribution in [3.8, 4) is 0 Å². The van der Waals surface area contributed by atoms with E-state index in [-0.39, 0.29) is 0 Å². The van der Waals surface area contributed by atoms with Gasteiger partial charge in [-0.15, -0.1) is 0 Å². The van der Waals surface area contributed by atoms with Gasteiger partial charge in [0.1, 0.15) is 0 Å². The Morgan fingerprint density at radius 3 is 2.85 bits per heavy atom. The second-order valence-electron chi connectivity index (χ2n) is 3.67. The van der Waals surface area contributed by atoms with Crippen LogP contribution in [0.3, 0.4) is 0 Å². The van der Waals surface area contributed by atoms with Crippen LogP contribution < -0.4 is 0 Å². The van der Waals surface area contributed by atoms with Crippen molar-refractivity contribution in [3.05, 3.63) is 0 Å². The van der Waals surface area contributed by atoms with Crippen LogP contribution in [0.2, 0.25) is 0 Å². The molecule has 1 heterocycles. The summed E-state index contributed by atoms with van der Waals surface area (Å²) < 4.78 is 0. The maximum atomic E-state index is 10.6. The lowest BCUT2D eigenvalue weighted by atomic mass is 9.94. The Morgan fingerprint density at radius 2 is 2.38 bits per heavy atom. The molecule has 1 aliphatic heterocycles. The Kier molecular flexibility index (Phi) is 4.64. The van der Waals surface area contributed by atoms with Gasteiger partial charge in [0.05, 0.1) is 0 Å². The van der Waals surface area contributed by atoms with Crippen LogP contribution in [0.5, 0.6) is 0 Å². The van der Waals surface area contributed by atoms with Gasteiger partial charge in [-0.25, -0.2) is 0 Å². The number of hydrogen-bond donors (Lipinski definition) is 1. The normalized spacial score (nSPS) is 25.5. The Morgan fingerprint density at radius 1 is 1.62 bits per heavy atom. The molecule has 1 rings (SSSR count). The third-order valence-electron chi connectivity index (χ3n) is 2.70. The van der Waals surface area contributed by atoms with E-state index in [1.54, 1.807) is 0 Å². The molecular weight excluding hydrogens is 184 g/mol. The van der Waals surface area contributed by atoms with E-state index in [9.17, 15) is 4.79 Å². The molecule has 0 aromatic heterocycles. The van der Waals surface area contributed by atoms with Gasteiger partial charge in [0.2, 0.25) is 0 Å². The first kappa shape index (κ1) is 10.9. The first-order valence-corrected chi connectivity index (χ1v) is 6.12. The van der Waals surface area contributed by atoms with E-state index in [4.69, 9.17) is 5.11 Å². The van der Waals surface area contributed by atoms with E-state index < -0.39 is 5.97 Å². The SMILES string of the molecule is CCC(CC(=O)O)C1CCCCS1. The molecule has 1 N–H and O–H groups in total. The van der Waals surface area contributed by atoms with E-state index in [0.717, 1.165) is 6.42 Å². The van der Waals surface area contributed by atoms with Gasteiger partial charge in [0, 0.05) is 11.7 Å². The van der Waals surface area contributed by atoms with Crippen LogP contribution in [-0.2, 0) is 4.79 Å². The van der Waals surface area contributed by atoms with Crippen molar-refractivity contribution in [2.24, 2.45) is 5.92 Å². The highest BCUT2D eigenvalue weighted by Gasteiger charge is 2.24. The Balaban J connectivity index is 2.39. The van der Waals surface area contributed by atoms with E-state index in [1.807, 2.05) is 11.8 Å². The smallest absolute Gasteiger partial charge is 0.303 e. The maximum absolute atomic E-state index is 10.6. The quantitative estimate of drug-likeness (QED) is 0.761. The lowest BCUT2D eigenvalue weighted by Gasteiger charge is -2.27. The van der Waals surface area contributed by atoms with E-state index >= 15 is 0 Å². The highest BCUT2D eigenvalue weighted by molar-refractivity contribution is 7.99. The summed E-state index contributed by atoms with van der Waals surface area (Å²) in [7, 11) is 0. The predicted octanol–water partition coefficient (Wildman–Crippen LogP) is 2.77. The lowest BCUT2D eigenvalue weighted by molar-refractivity contribution is -0.138. The monoisotopic (exact) mass is 202 g/mol. The number of aliphatic carboxylic acids is 1. The van der Waals surface area contributed by atoms with Crippen LogP contribution in [0.25, 0.3) is 0 Å². The fourth-order valence-electron chi connectivity index (χ4n) is 1.90. The largest absolute Gasteiger partial charge is 0.481 e. The predicted molar refractivity (Wildman–Crippen MR) is 56.1 cm³/mol. The molecule has 1 fully saturated rings. The summed E-state index contributed by atoms with van der Waals surface area (Å²) >= 11 is 1.97. The van der Waals surface area contributed by atoms with Crippen molar-refractivity contribution in [2.75, 3.05) is 5.75 Å². The van der Waals surface area contributed by atoms with Gasteiger partial charge in [-0.3, -0.25) is 4.79 Å². The van der Waals surface area contributed by atoms with Crippen molar-refractivity contribution in [1.82, 2.24) is 0 Å². The Labute approximate surface area is 84.1 Å². The highest BCUT2D eigenvalue weighted by atomic mass is 32.2. The molecule has 0 spiro atoms. The van der Waals surface area contributed by atoms with E-state index in [0.29, 0.717) is 17.6 Å². The molecule has 0 radical (unpaired) electrons. The van der Waals surface area contributed by atoms with Crippen LogP contribution in [0.4, 0.5) is 0 Å².